The first-order valence-corrected chi connectivity index (χ1v) is 15.4. The minimum absolute atomic E-state index is 0.0341. The molecule has 204 valence electrons. The molecule has 1 N–H and O–H groups in total. The van der Waals surface area contributed by atoms with E-state index in [1.807, 2.05) is 43.9 Å². The quantitative estimate of drug-likeness (QED) is 0.356. The van der Waals surface area contributed by atoms with Crippen LogP contribution in [0, 0.1) is 0 Å². The number of nitrogens with zero attached hydrogens (tertiary/aromatic N) is 4. The van der Waals surface area contributed by atoms with Gasteiger partial charge in [-0.1, -0.05) is 37.3 Å². The van der Waals surface area contributed by atoms with E-state index >= 15 is 0 Å². The number of hydrogen-bond donors (Lipinski definition) is 1. The van der Waals surface area contributed by atoms with Gasteiger partial charge < -0.3 is 9.80 Å². The average Bonchev–Trinajstić information content (AvgIpc) is 3.35. The van der Waals surface area contributed by atoms with Crippen molar-refractivity contribution >= 4 is 43.3 Å². The molecule has 10 heteroatoms. The SMILES string of the molecule is CCc1cc2c(N3CCN(C(=O)c4ccc(-c5ccccc5S(=O)(=O)NC(C)(C)C)cc4)CC3)ncnc2s1. The van der Waals surface area contributed by atoms with Gasteiger partial charge in [0.05, 0.1) is 10.3 Å². The van der Waals surface area contributed by atoms with Gasteiger partial charge in [-0.25, -0.2) is 23.1 Å². The highest BCUT2D eigenvalue weighted by molar-refractivity contribution is 7.89. The van der Waals surface area contributed by atoms with Crippen LogP contribution in [0.15, 0.2) is 65.8 Å². The largest absolute Gasteiger partial charge is 0.352 e. The van der Waals surface area contributed by atoms with Crippen molar-refractivity contribution in [3.63, 3.8) is 0 Å². The number of carbonyl (C=O) groups is 1. The number of piperazine rings is 1. The minimum Gasteiger partial charge on any atom is -0.352 e. The van der Waals surface area contributed by atoms with Crippen molar-refractivity contribution in [1.29, 1.82) is 0 Å². The molecule has 8 nitrogen and oxygen atoms in total. The fourth-order valence-corrected chi connectivity index (χ4v) is 7.39. The fraction of sp³-hybridized carbons (Fsp3) is 0.345. The molecule has 1 amide bonds. The van der Waals surface area contributed by atoms with Gasteiger partial charge in [-0.15, -0.1) is 11.3 Å². The first kappa shape index (κ1) is 27.2. The third-order valence-electron chi connectivity index (χ3n) is 6.63. The van der Waals surface area contributed by atoms with Gasteiger partial charge in [0, 0.05) is 47.7 Å². The van der Waals surface area contributed by atoms with Crippen LogP contribution in [-0.2, 0) is 16.4 Å². The Balaban J connectivity index is 1.30. The summed E-state index contributed by atoms with van der Waals surface area (Å²) in [4.78, 5) is 28.9. The maximum atomic E-state index is 13.3. The van der Waals surface area contributed by atoms with Crippen LogP contribution in [-0.4, -0.2) is 60.9 Å². The van der Waals surface area contributed by atoms with Crippen molar-refractivity contribution in [3.8, 4) is 11.1 Å². The molecular weight excluding hydrogens is 530 g/mol. The molecule has 2 aromatic heterocycles. The number of hydrogen-bond acceptors (Lipinski definition) is 7. The number of rotatable bonds is 6. The van der Waals surface area contributed by atoms with E-state index in [-0.39, 0.29) is 10.8 Å². The Morgan fingerprint density at radius 1 is 1.00 bits per heavy atom. The molecule has 1 aliphatic rings. The van der Waals surface area contributed by atoms with Crippen molar-refractivity contribution < 1.29 is 13.2 Å². The molecule has 39 heavy (non-hydrogen) atoms. The summed E-state index contributed by atoms with van der Waals surface area (Å²) in [5.41, 5.74) is 1.31. The Morgan fingerprint density at radius 3 is 2.36 bits per heavy atom. The molecule has 1 saturated heterocycles. The van der Waals surface area contributed by atoms with Crippen molar-refractivity contribution in [1.82, 2.24) is 19.6 Å². The lowest BCUT2D eigenvalue weighted by Crippen LogP contribution is -2.49. The standard InChI is InChI=1S/C29H33N5O3S2/c1-5-22-18-24-26(30-19-31-27(24)38-22)33-14-16-34(17-15-33)28(35)21-12-10-20(11-13-21)23-8-6-7-9-25(23)39(36,37)32-29(2,3)4/h6-13,18-19,32H,5,14-17H2,1-4H3. The van der Waals surface area contributed by atoms with Gasteiger partial charge in [0.1, 0.15) is 17.0 Å². The van der Waals surface area contributed by atoms with Crippen LogP contribution in [0.3, 0.4) is 0 Å². The smallest absolute Gasteiger partial charge is 0.253 e. The number of anilines is 1. The number of fused-ring (bicyclic) bond motifs is 1. The average molecular weight is 564 g/mol. The van der Waals surface area contributed by atoms with Gasteiger partial charge in [0.25, 0.3) is 5.91 Å². The summed E-state index contributed by atoms with van der Waals surface area (Å²) in [5.74, 6) is 0.898. The number of benzene rings is 2. The second kappa shape index (κ2) is 10.7. The monoisotopic (exact) mass is 563 g/mol. The minimum atomic E-state index is -3.72. The Morgan fingerprint density at radius 2 is 1.69 bits per heavy atom. The summed E-state index contributed by atoms with van der Waals surface area (Å²) in [6, 6.07) is 16.3. The van der Waals surface area contributed by atoms with Crippen LogP contribution in [0.1, 0.15) is 42.9 Å². The molecule has 4 aromatic rings. The number of carbonyl (C=O) groups excluding carboxylic acids is 1. The lowest BCUT2D eigenvalue weighted by Gasteiger charge is -2.35. The van der Waals surface area contributed by atoms with Gasteiger partial charge in [-0.3, -0.25) is 4.79 Å². The highest BCUT2D eigenvalue weighted by Crippen LogP contribution is 2.32. The normalized spacial score (nSPS) is 14.7. The summed E-state index contributed by atoms with van der Waals surface area (Å²) in [6.07, 6.45) is 2.59. The number of nitrogens with one attached hydrogen (secondary N) is 1. The second-order valence-electron chi connectivity index (χ2n) is 10.7. The second-order valence-corrected chi connectivity index (χ2v) is 13.5. The zero-order chi connectivity index (χ0) is 27.8. The van der Waals surface area contributed by atoms with Crippen LogP contribution in [0.2, 0.25) is 0 Å². The highest BCUT2D eigenvalue weighted by Gasteiger charge is 2.26. The number of aryl methyl sites for hydroxylation is 1. The molecule has 0 saturated carbocycles. The molecule has 0 radical (unpaired) electrons. The molecule has 0 unspecified atom stereocenters. The zero-order valence-corrected chi connectivity index (χ0v) is 24.3. The maximum Gasteiger partial charge on any atom is 0.253 e. The zero-order valence-electron chi connectivity index (χ0n) is 22.6. The van der Waals surface area contributed by atoms with E-state index in [1.54, 1.807) is 48.0 Å². The van der Waals surface area contributed by atoms with Crippen LogP contribution in [0.5, 0.6) is 0 Å². The van der Waals surface area contributed by atoms with Crippen LogP contribution in [0.25, 0.3) is 21.3 Å². The van der Waals surface area contributed by atoms with E-state index < -0.39 is 15.6 Å². The number of sulfonamides is 1. The van der Waals surface area contributed by atoms with E-state index in [1.165, 1.54) is 4.88 Å². The van der Waals surface area contributed by atoms with Crippen molar-refractivity contribution in [2.75, 3.05) is 31.1 Å². The van der Waals surface area contributed by atoms with Crippen LogP contribution in [0.4, 0.5) is 5.82 Å². The molecular formula is C29H33N5O3S2. The Hall–Kier alpha value is -3.34. The summed E-state index contributed by atoms with van der Waals surface area (Å²) in [6.45, 7) is 10.1. The Bertz CT molecular complexity index is 1600. The summed E-state index contributed by atoms with van der Waals surface area (Å²) in [5, 5.41) is 1.08. The summed E-state index contributed by atoms with van der Waals surface area (Å²) < 4.78 is 28.8. The molecule has 0 atom stereocenters. The van der Waals surface area contributed by atoms with Gasteiger partial charge in [0.2, 0.25) is 10.0 Å². The Kier molecular flexibility index (Phi) is 7.45. The molecule has 2 aromatic carbocycles. The first-order valence-electron chi connectivity index (χ1n) is 13.1. The molecule has 1 aliphatic heterocycles. The number of aromatic nitrogens is 2. The topological polar surface area (TPSA) is 95.5 Å². The fourth-order valence-electron chi connectivity index (χ4n) is 4.81. The Labute approximate surface area is 233 Å². The predicted octanol–water partition coefficient (Wildman–Crippen LogP) is 4.96. The maximum absolute atomic E-state index is 13.3. The summed E-state index contributed by atoms with van der Waals surface area (Å²) >= 11 is 1.70. The van der Waals surface area contributed by atoms with Crippen LogP contribution < -0.4 is 9.62 Å². The lowest BCUT2D eigenvalue weighted by atomic mass is 10.0. The van der Waals surface area contributed by atoms with E-state index in [2.05, 4.69) is 32.6 Å². The molecule has 0 bridgehead atoms. The van der Waals surface area contributed by atoms with Crippen molar-refractivity contribution in [2.45, 2.75) is 44.6 Å². The van der Waals surface area contributed by atoms with Gasteiger partial charge in [-0.2, -0.15) is 0 Å². The van der Waals surface area contributed by atoms with E-state index in [9.17, 15) is 13.2 Å². The van der Waals surface area contributed by atoms with E-state index in [0.29, 0.717) is 37.3 Å². The third kappa shape index (κ3) is 5.83. The number of amides is 1. The van der Waals surface area contributed by atoms with Crippen molar-refractivity contribution in [2.24, 2.45) is 0 Å². The molecule has 3 heterocycles. The lowest BCUT2D eigenvalue weighted by molar-refractivity contribution is 0.0746. The molecule has 1 fully saturated rings. The third-order valence-corrected chi connectivity index (χ3v) is 9.64. The van der Waals surface area contributed by atoms with Crippen LogP contribution >= 0.6 is 11.3 Å². The number of thiophene rings is 1. The molecule has 5 rings (SSSR count). The van der Waals surface area contributed by atoms with Gasteiger partial charge >= 0.3 is 0 Å². The summed E-state index contributed by atoms with van der Waals surface area (Å²) in [7, 11) is -3.72. The highest BCUT2D eigenvalue weighted by atomic mass is 32.2. The first-order chi connectivity index (χ1) is 18.6. The van der Waals surface area contributed by atoms with E-state index in [0.717, 1.165) is 28.0 Å². The molecule has 0 spiro atoms. The van der Waals surface area contributed by atoms with Crippen molar-refractivity contribution in [3.05, 3.63) is 71.4 Å². The van der Waals surface area contributed by atoms with Gasteiger partial charge in [-0.05, 0) is 57.0 Å². The predicted molar refractivity (Wildman–Crippen MR) is 157 cm³/mol. The molecule has 0 aliphatic carbocycles. The van der Waals surface area contributed by atoms with E-state index in [4.69, 9.17) is 0 Å². The van der Waals surface area contributed by atoms with Gasteiger partial charge in [0.15, 0.2) is 0 Å².